The van der Waals surface area contributed by atoms with E-state index in [9.17, 15) is 4.79 Å². The van der Waals surface area contributed by atoms with Gasteiger partial charge in [-0.15, -0.1) is 0 Å². The second kappa shape index (κ2) is 7.07. The normalized spacial score (nSPS) is 13.4. The lowest BCUT2D eigenvalue weighted by molar-refractivity contribution is -0.582. The molecule has 0 bridgehead atoms. The summed E-state index contributed by atoms with van der Waals surface area (Å²) in [6.45, 7) is 2.51. The maximum atomic E-state index is 12.2. The van der Waals surface area contributed by atoms with Gasteiger partial charge < -0.3 is 9.84 Å². The zero-order valence-electron chi connectivity index (χ0n) is 15.3. The van der Waals surface area contributed by atoms with Crippen molar-refractivity contribution in [2.45, 2.75) is 19.9 Å². The third-order valence-electron chi connectivity index (χ3n) is 4.72. The lowest BCUT2D eigenvalue weighted by Gasteiger charge is -2.03. The lowest BCUT2D eigenvalue weighted by Crippen LogP contribution is -2.33. The largest absolute Gasteiger partial charge is 0.497 e. The van der Waals surface area contributed by atoms with Gasteiger partial charge >= 0.3 is 0 Å². The molecule has 4 rings (SSSR count). The predicted molar refractivity (Wildman–Crippen MR) is 105 cm³/mol. The molecule has 0 aliphatic carbocycles. The van der Waals surface area contributed by atoms with Crippen LogP contribution in [0.4, 0.5) is 5.69 Å². The van der Waals surface area contributed by atoms with Crippen LogP contribution < -0.4 is 14.9 Å². The van der Waals surface area contributed by atoms with E-state index in [1.54, 1.807) is 19.5 Å². The van der Waals surface area contributed by atoms with Crippen LogP contribution in [0.2, 0.25) is 0 Å². The average molecular weight is 361 g/mol. The van der Waals surface area contributed by atoms with E-state index in [1.165, 1.54) is 10.4 Å². The number of hydrogen-bond donors (Lipinski definition) is 1. The predicted octanol–water partition coefficient (Wildman–Crippen LogP) is 2.71. The Balaban J connectivity index is 1.78. The molecule has 1 aliphatic heterocycles. The maximum Gasteiger partial charge on any atom is 0.292 e. The number of benzene rings is 1. The molecule has 0 amide bonds. The monoisotopic (exact) mass is 361 g/mol. The van der Waals surface area contributed by atoms with Crippen molar-refractivity contribution in [3.05, 3.63) is 82.0 Å². The van der Waals surface area contributed by atoms with Gasteiger partial charge in [0.05, 0.1) is 19.1 Å². The molecule has 3 heterocycles. The van der Waals surface area contributed by atoms with Gasteiger partial charge in [0.25, 0.3) is 5.56 Å². The van der Waals surface area contributed by atoms with E-state index in [2.05, 4.69) is 26.9 Å². The van der Waals surface area contributed by atoms with Crippen LogP contribution >= 0.6 is 0 Å². The Morgan fingerprint density at radius 3 is 2.78 bits per heavy atom. The summed E-state index contributed by atoms with van der Waals surface area (Å²) in [5.74, 6) is 0.818. The minimum Gasteiger partial charge on any atom is -0.497 e. The van der Waals surface area contributed by atoms with E-state index < -0.39 is 0 Å². The van der Waals surface area contributed by atoms with E-state index in [-0.39, 0.29) is 5.56 Å². The molecule has 0 atom stereocenters. The van der Waals surface area contributed by atoms with Gasteiger partial charge in [-0.05, 0) is 31.2 Å². The van der Waals surface area contributed by atoms with Gasteiger partial charge in [0, 0.05) is 36.7 Å². The highest BCUT2D eigenvalue weighted by Gasteiger charge is 2.30. The third-order valence-corrected chi connectivity index (χ3v) is 4.72. The Morgan fingerprint density at radius 2 is 2.07 bits per heavy atom. The van der Waals surface area contributed by atoms with Gasteiger partial charge in [0.2, 0.25) is 5.70 Å². The maximum absolute atomic E-state index is 12.2. The molecular weight excluding hydrogens is 340 g/mol. The number of ether oxygens (including phenoxy) is 1. The quantitative estimate of drug-likeness (QED) is 0.561. The molecule has 27 heavy (non-hydrogen) atoms. The van der Waals surface area contributed by atoms with Crippen molar-refractivity contribution < 1.29 is 9.30 Å². The van der Waals surface area contributed by atoms with E-state index >= 15 is 0 Å². The summed E-state index contributed by atoms with van der Waals surface area (Å²) in [6.07, 6.45) is 6.26. The first kappa shape index (κ1) is 17.0. The van der Waals surface area contributed by atoms with Gasteiger partial charge in [-0.25, -0.2) is 4.99 Å². The van der Waals surface area contributed by atoms with Crippen LogP contribution in [0.25, 0.3) is 5.70 Å². The second-order valence-corrected chi connectivity index (χ2v) is 6.31. The molecule has 6 nitrogen and oxygen atoms in total. The van der Waals surface area contributed by atoms with E-state index in [4.69, 9.17) is 4.74 Å². The van der Waals surface area contributed by atoms with Crippen molar-refractivity contribution in [3.8, 4) is 5.75 Å². The number of aliphatic imine (C=N–C) groups is 1. The number of pyridine rings is 1. The first-order valence-electron chi connectivity index (χ1n) is 8.91. The number of nitrogens with zero attached hydrogens (tertiary/aromatic N) is 3. The highest BCUT2D eigenvalue weighted by atomic mass is 16.5. The van der Waals surface area contributed by atoms with Crippen molar-refractivity contribution in [1.29, 1.82) is 0 Å². The van der Waals surface area contributed by atoms with Crippen LogP contribution in [0.15, 0.2) is 70.2 Å². The molecule has 1 aromatic carbocycles. The standard InChI is InChI=1S/C21H20N4O2/c1-3-25-21(26)19(14-23-25)22-13-16-12-17-6-4-5-11-24(17)20(16)15-7-9-18(27-2)10-8-15/h4-11,13-14H,3,12H2,1-2H3/p+1. The summed E-state index contributed by atoms with van der Waals surface area (Å²) in [6, 6.07) is 14.1. The zero-order chi connectivity index (χ0) is 18.8. The number of aromatic nitrogens is 3. The molecule has 0 unspecified atom stereocenters. The number of aryl methyl sites for hydroxylation is 1. The molecular formula is C21H21N4O2+. The highest BCUT2D eigenvalue weighted by molar-refractivity contribution is 5.91. The van der Waals surface area contributed by atoms with Crippen molar-refractivity contribution in [2.75, 3.05) is 7.11 Å². The Labute approximate surface area is 157 Å². The van der Waals surface area contributed by atoms with Crippen LogP contribution in [0.5, 0.6) is 5.75 Å². The molecule has 2 aromatic heterocycles. The lowest BCUT2D eigenvalue weighted by atomic mass is 10.1. The molecule has 0 saturated heterocycles. The Morgan fingerprint density at radius 1 is 1.26 bits per heavy atom. The minimum absolute atomic E-state index is 0.108. The van der Waals surface area contributed by atoms with E-state index in [0.717, 1.165) is 29.0 Å². The number of rotatable bonds is 5. The molecule has 0 spiro atoms. The molecule has 1 N–H and O–H groups in total. The first-order valence-corrected chi connectivity index (χ1v) is 8.91. The van der Waals surface area contributed by atoms with E-state index in [1.807, 2.05) is 43.3 Å². The third kappa shape index (κ3) is 3.10. The van der Waals surface area contributed by atoms with Gasteiger partial charge in [-0.1, -0.05) is 6.07 Å². The number of hydrogen-bond acceptors (Lipinski definition) is 3. The van der Waals surface area contributed by atoms with Crippen LogP contribution in [0, 0.1) is 0 Å². The molecule has 6 heteroatoms. The Kier molecular flexibility index (Phi) is 4.46. The number of allylic oxidation sites excluding steroid dienone is 1. The fourth-order valence-electron chi connectivity index (χ4n) is 3.33. The molecule has 0 saturated carbocycles. The molecule has 0 fully saturated rings. The number of methoxy groups -OCH3 is 1. The summed E-state index contributed by atoms with van der Waals surface area (Å²) in [7, 11) is 1.66. The molecule has 1 aliphatic rings. The Hall–Kier alpha value is -3.41. The van der Waals surface area contributed by atoms with Gasteiger partial charge in [-0.2, -0.15) is 4.57 Å². The smallest absolute Gasteiger partial charge is 0.292 e. The number of nitrogens with one attached hydrogen (secondary N) is 1. The number of fused-ring (bicyclic) bond motifs is 1. The fourth-order valence-corrected chi connectivity index (χ4v) is 3.33. The van der Waals surface area contributed by atoms with Crippen LogP contribution in [0.1, 0.15) is 18.2 Å². The van der Waals surface area contributed by atoms with Crippen molar-refractivity contribution in [3.63, 3.8) is 0 Å². The number of aromatic amines is 1. The molecule has 136 valence electrons. The summed E-state index contributed by atoms with van der Waals surface area (Å²) in [5, 5.41) is 2.93. The fraction of sp³-hybridized carbons (Fsp3) is 0.190. The van der Waals surface area contributed by atoms with Crippen LogP contribution in [-0.2, 0) is 13.0 Å². The average Bonchev–Trinajstić information content (AvgIpc) is 3.26. The first-order chi connectivity index (χ1) is 13.2. The van der Waals surface area contributed by atoms with Gasteiger partial charge in [-0.3, -0.25) is 9.48 Å². The van der Waals surface area contributed by atoms with Crippen LogP contribution in [-0.4, -0.2) is 23.1 Å². The Bertz CT molecular complexity index is 1090. The van der Waals surface area contributed by atoms with Gasteiger partial charge in [0.1, 0.15) is 11.4 Å². The topological polar surface area (TPSA) is 63.3 Å². The van der Waals surface area contributed by atoms with E-state index in [0.29, 0.717) is 12.2 Å². The number of H-pyrrole nitrogens is 1. The summed E-state index contributed by atoms with van der Waals surface area (Å²) in [5.41, 5.74) is 4.71. The molecule has 0 radical (unpaired) electrons. The summed E-state index contributed by atoms with van der Waals surface area (Å²) < 4.78 is 8.97. The SMILES string of the molecule is CCn1[nH]cc(N=CC2=C(c3ccc(OC)cc3)[n+]3ccccc3C2)c1=O. The zero-order valence-corrected chi connectivity index (χ0v) is 15.3. The summed E-state index contributed by atoms with van der Waals surface area (Å²) >= 11 is 0. The van der Waals surface area contributed by atoms with Crippen molar-refractivity contribution >= 4 is 17.6 Å². The van der Waals surface area contributed by atoms with Crippen LogP contribution in [0.3, 0.4) is 0 Å². The molecule has 3 aromatic rings. The highest BCUT2D eigenvalue weighted by Crippen LogP contribution is 2.25. The second-order valence-electron chi connectivity index (χ2n) is 6.31. The minimum atomic E-state index is -0.108. The summed E-state index contributed by atoms with van der Waals surface area (Å²) in [4.78, 5) is 16.7. The van der Waals surface area contributed by atoms with Crippen molar-refractivity contribution in [1.82, 2.24) is 9.78 Å². The van der Waals surface area contributed by atoms with Gasteiger partial charge in [0.15, 0.2) is 11.9 Å². The van der Waals surface area contributed by atoms with Crippen molar-refractivity contribution in [2.24, 2.45) is 4.99 Å².